The summed E-state index contributed by atoms with van der Waals surface area (Å²) in [6.45, 7) is 2.75. The maximum atomic E-state index is 12.5. The van der Waals surface area contributed by atoms with Crippen molar-refractivity contribution < 1.29 is 23.9 Å². The van der Waals surface area contributed by atoms with Crippen molar-refractivity contribution in [3.8, 4) is 0 Å². The highest BCUT2D eigenvalue weighted by atomic mass is 16.5. The summed E-state index contributed by atoms with van der Waals surface area (Å²) in [5, 5.41) is 7.83. The second-order valence-corrected chi connectivity index (χ2v) is 7.67. The summed E-state index contributed by atoms with van der Waals surface area (Å²) >= 11 is 0. The van der Waals surface area contributed by atoms with Gasteiger partial charge in [-0.2, -0.15) is 0 Å². The number of hydrogen-bond acceptors (Lipinski definition) is 6. The Morgan fingerprint density at radius 3 is 2.21 bits per heavy atom. The molecule has 0 spiro atoms. The molecule has 0 aliphatic carbocycles. The first-order valence-corrected chi connectivity index (χ1v) is 11.0. The third-order valence-electron chi connectivity index (χ3n) is 5.40. The van der Waals surface area contributed by atoms with Gasteiger partial charge in [0.05, 0.1) is 20.1 Å². The van der Waals surface area contributed by atoms with E-state index in [2.05, 4.69) is 25.6 Å². The zero-order chi connectivity index (χ0) is 24.3. The number of carbonyl (C=O) groups is 4. The van der Waals surface area contributed by atoms with Gasteiger partial charge in [-0.1, -0.05) is 18.2 Å². The van der Waals surface area contributed by atoms with Crippen LogP contribution in [-0.4, -0.2) is 75.1 Å². The number of ether oxygens (including phenoxy) is 1. The Hall–Kier alpha value is -4.08. The van der Waals surface area contributed by atoms with E-state index in [9.17, 15) is 19.2 Å². The zero-order valence-electron chi connectivity index (χ0n) is 19.1. The molecule has 0 radical (unpaired) electrons. The maximum Gasteiger partial charge on any atom is 0.319 e. The van der Waals surface area contributed by atoms with E-state index in [0.29, 0.717) is 24.3 Å². The quantitative estimate of drug-likeness (QED) is 0.506. The fourth-order valence-corrected chi connectivity index (χ4v) is 3.48. The van der Waals surface area contributed by atoms with E-state index in [0.717, 1.165) is 18.8 Å². The lowest BCUT2D eigenvalue weighted by Crippen LogP contribution is -2.51. The van der Waals surface area contributed by atoms with E-state index in [1.807, 2.05) is 30.3 Å². The minimum atomic E-state index is -0.508. The number of esters is 1. The summed E-state index contributed by atoms with van der Waals surface area (Å²) in [6, 6.07) is 15.8. The molecule has 0 saturated carbocycles. The number of hydrogen-bond donors (Lipinski definition) is 3. The van der Waals surface area contributed by atoms with Crippen molar-refractivity contribution in [2.45, 2.75) is 6.42 Å². The van der Waals surface area contributed by atoms with Crippen LogP contribution in [0.1, 0.15) is 16.8 Å². The largest absolute Gasteiger partial charge is 0.469 e. The first kappa shape index (κ1) is 24.6. The molecule has 1 aliphatic rings. The number of anilines is 2. The number of nitrogens with zero attached hydrogens (tertiary/aromatic N) is 2. The standard InChI is InChI=1S/C24H29N5O5/c1-34-22(31)11-12-25-23(32)18-7-9-19(10-8-18)27-24(33)26-17-21(30)29-15-13-28(14-16-29)20-5-3-2-4-6-20/h2-10H,11-17H2,1H3,(H,25,32)(H2,26,27,33). The molecule has 1 aliphatic heterocycles. The van der Waals surface area contributed by atoms with Crippen LogP contribution >= 0.6 is 0 Å². The summed E-state index contributed by atoms with van der Waals surface area (Å²) in [4.78, 5) is 51.7. The average Bonchev–Trinajstić information content (AvgIpc) is 2.88. The Morgan fingerprint density at radius 2 is 1.56 bits per heavy atom. The maximum absolute atomic E-state index is 12.5. The number of nitrogens with one attached hydrogen (secondary N) is 3. The molecule has 34 heavy (non-hydrogen) atoms. The molecule has 1 fully saturated rings. The molecule has 1 heterocycles. The summed E-state index contributed by atoms with van der Waals surface area (Å²) in [5.41, 5.74) is 2.00. The van der Waals surface area contributed by atoms with E-state index in [4.69, 9.17) is 0 Å². The number of benzene rings is 2. The number of amides is 4. The van der Waals surface area contributed by atoms with Crippen LogP contribution in [0.4, 0.5) is 16.2 Å². The molecule has 4 amide bonds. The van der Waals surface area contributed by atoms with Crippen LogP contribution in [0.2, 0.25) is 0 Å². The lowest BCUT2D eigenvalue weighted by molar-refractivity contribution is -0.140. The Labute approximate surface area is 198 Å². The van der Waals surface area contributed by atoms with E-state index in [-0.39, 0.29) is 31.3 Å². The van der Waals surface area contributed by atoms with Gasteiger partial charge in [0.1, 0.15) is 0 Å². The smallest absolute Gasteiger partial charge is 0.319 e. The SMILES string of the molecule is COC(=O)CCNC(=O)c1ccc(NC(=O)NCC(=O)N2CCN(c3ccccc3)CC2)cc1. The van der Waals surface area contributed by atoms with Gasteiger partial charge < -0.3 is 30.5 Å². The molecule has 10 nitrogen and oxygen atoms in total. The average molecular weight is 468 g/mol. The van der Waals surface area contributed by atoms with Crippen molar-refractivity contribution >= 4 is 35.2 Å². The lowest BCUT2D eigenvalue weighted by atomic mass is 10.2. The van der Waals surface area contributed by atoms with Crippen LogP contribution in [0.5, 0.6) is 0 Å². The molecule has 0 unspecified atom stereocenters. The summed E-state index contributed by atoms with van der Waals surface area (Å²) in [6.07, 6.45) is 0.0868. The molecule has 0 atom stereocenters. The van der Waals surface area contributed by atoms with Crippen molar-refractivity contribution in [3.63, 3.8) is 0 Å². The molecule has 2 aromatic rings. The van der Waals surface area contributed by atoms with Crippen molar-refractivity contribution in [1.29, 1.82) is 0 Å². The van der Waals surface area contributed by atoms with Gasteiger partial charge in [-0.05, 0) is 36.4 Å². The van der Waals surface area contributed by atoms with Crippen LogP contribution < -0.4 is 20.9 Å². The third kappa shape index (κ3) is 7.22. The molecule has 3 rings (SSSR count). The molecule has 1 saturated heterocycles. The molecule has 10 heteroatoms. The second-order valence-electron chi connectivity index (χ2n) is 7.67. The fourth-order valence-electron chi connectivity index (χ4n) is 3.48. The first-order valence-electron chi connectivity index (χ1n) is 11.0. The Bertz CT molecular complexity index is 989. The van der Waals surface area contributed by atoms with Crippen molar-refractivity contribution in [1.82, 2.24) is 15.5 Å². The third-order valence-corrected chi connectivity index (χ3v) is 5.40. The minimum absolute atomic E-state index is 0.0868. The van der Waals surface area contributed by atoms with Gasteiger partial charge in [-0.15, -0.1) is 0 Å². The zero-order valence-corrected chi connectivity index (χ0v) is 19.1. The van der Waals surface area contributed by atoms with Gasteiger partial charge in [-0.3, -0.25) is 14.4 Å². The molecule has 3 N–H and O–H groups in total. The number of carbonyl (C=O) groups excluding carboxylic acids is 4. The van der Waals surface area contributed by atoms with Crippen LogP contribution in [-0.2, 0) is 14.3 Å². The van der Waals surface area contributed by atoms with Gasteiger partial charge in [0.2, 0.25) is 5.91 Å². The van der Waals surface area contributed by atoms with Gasteiger partial charge in [0.15, 0.2) is 0 Å². The highest BCUT2D eigenvalue weighted by Crippen LogP contribution is 2.15. The van der Waals surface area contributed by atoms with E-state index in [1.54, 1.807) is 29.2 Å². The summed E-state index contributed by atoms with van der Waals surface area (Å²) in [5.74, 6) is -0.876. The fraction of sp³-hybridized carbons (Fsp3) is 0.333. The van der Waals surface area contributed by atoms with Crippen molar-refractivity contribution in [2.24, 2.45) is 0 Å². The number of urea groups is 1. The lowest BCUT2D eigenvalue weighted by Gasteiger charge is -2.36. The Morgan fingerprint density at radius 1 is 0.882 bits per heavy atom. The number of rotatable bonds is 8. The summed E-state index contributed by atoms with van der Waals surface area (Å²) < 4.78 is 4.52. The predicted octanol–water partition coefficient (Wildman–Crippen LogP) is 1.45. The van der Waals surface area contributed by atoms with Crippen LogP contribution in [0.15, 0.2) is 54.6 Å². The van der Waals surface area contributed by atoms with Crippen LogP contribution in [0, 0.1) is 0 Å². The van der Waals surface area contributed by atoms with Crippen molar-refractivity contribution in [2.75, 3.05) is 56.6 Å². The van der Waals surface area contributed by atoms with Gasteiger partial charge in [0, 0.05) is 49.7 Å². The van der Waals surface area contributed by atoms with Crippen molar-refractivity contribution in [3.05, 3.63) is 60.2 Å². The highest BCUT2D eigenvalue weighted by molar-refractivity contribution is 5.96. The number of para-hydroxylation sites is 1. The monoisotopic (exact) mass is 467 g/mol. The normalized spacial score (nSPS) is 13.1. The Balaban J connectivity index is 1.37. The summed E-state index contributed by atoms with van der Waals surface area (Å²) in [7, 11) is 1.29. The van der Waals surface area contributed by atoms with E-state index >= 15 is 0 Å². The van der Waals surface area contributed by atoms with E-state index < -0.39 is 12.0 Å². The second kappa shape index (κ2) is 12.2. The molecular weight excluding hydrogens is 438 g/mol. The highest BCUT2D eigenvalue weighted by Gasteiger charge is 2.21. The molecular formula is C24H29N5O5. The number of piperazine rings is 1. The van der Waals surface area contributed by atoms with E-state index in [1.165, 1.54) is 7.11 Å². The first-order chi connectivity index (χ1) is 16.5. The van der Waals surface area contributed by atoms with Crippen LogP contribution in [0.3, 0.4) is 0 Å². The van der Waals surface area contributed by atoms with Gasteiger partial charge in [0.25, 0.3) is 5.91 Å². The topological polar surface area (TPSA) is 120 Å². The Kier molecular flexibility index (Phi) is 8.84. The van der Waals surface area contributed by atoms with Crippen LogP contribution in [0.25, 0.3) is 0 Å². The van der Waals surface area contributed by atoms with Gasteiger partial charge >= 0.3 is 12.0 Å². The predicted molar refractivity (Wildman–Crippen MR) is 128 cm³/mol. The van der Waals surface area contributed by atoms with Gasteiger partial charge in [-0.25, -0.2) is 4.79 Å². The molecule has 0 aromatic heterocycles. The number of methoxy groups -OCH3 is 1. The molecule has 2 aromatic carbocycles. The minimum Gasteiger partial charge on any atom is -0.469 e. The molecule has 180 valence electrons. The molecule has 0 bridgehead atoms.